The molecule has 0 unspecified atom stereocenters. The van der Waals surface area contributed by atoms with E-state index in [9.17, 15) is 9.18 Å². The van der Waals surface area contributed by atoms with Gasteiger partial charge in [0.15, 0.2) is 5.82 Å². The third-order valence-electron chi connectivity index (χ3n) is 4.72. The molecule has 2 heterocycles. The highest BCUT2D eigenvalue weighted by molar-refractivity contribution is 6.33. The van der Waals surface area contributed by atoms with Crippen molar-refractivity contribution in [3.05, 3.63) is 65.4 Å². The molecule has 1 saturated heterocycles. The van der Waals surface area contributed by atoms with Gasteiger partial charge >= 0.3 is 6.03 Å². The monoisotopic (exact) mass is 411 g/mol. The summed E-state index contributed by atoms with van der Waals surface area (Å²) in [5.74, 6) is 0.298. The fourth-order valence-electron chi connectivity index (χ4n) is 3.21. The smallest absolute Gasteiger partial charge is 0.323 e. The van der Waals surface area contributed by atoms with Gasteiger partial charge in [-0.05, 0) is 49.2 Å². The molecule has 3 aromatic rings. The first-order chi connectivity index (χ1) is 14.1. The second-order valence-electron chi connectivity index (χ2n) is 6.72. The van der Waals surface area contributed by atoms with E-state index in [4.69, 9.17) is 11.6 Å². The maximum atomic E-state index is 13.8. The molecule has 1 fully saturated rings. The molecule has 2 N–H and O–H groups in total. The van der Waals surface area contributed by atoms with Gasteiger partial charge in [-0.25, -0.2) is 9.18 Å². The fourth-order valence-corrected chi connectivity index (χ4v) is 3.42. The summed E-state index contributed by atoms with van der Waals surface area (Å²) in [4.78, 5) is 14.4. The van der Waals surface area contributed by atoms with Crippen LogP contribution in [0, 0.1) is 5.82 Å². The summed E-state index contributed by atoms with van der Waals surface area (Å²) in [7, 11) is 0. The molecule has 0 aliphatic carbocycles. The zero-order chi connectivity index (χ0) is 20.2. The van der Waals surface area contributed by atoms with Crippen molar-refractivity contribution in [1.82, 2.24) is 10.2 Å². The van der Waals surface area contributed by atoms with E-state index in [1.54, 1.807) is 12.1 Å². The first-order valence-electron chi connectivity index (χ1n) is 9.31. The van der Waals surface area contributed by atoms with Crippen LogP contribution in [0.1, 0.15) is 12.8 Å². The summed E-state index contributed by atoms with van der Waals surface area (Å²) in [6.45, 7) is 2.04. The number of anilines is 3. The molecule has 0 spiro atoms. The lowest BCUT2D eigenvalue weighted by Gasteiger charge is -2.15. The zero-order valence-electron chi connectivity index (χ0n) is 15.5. The molecule has 8 heteroatoms. The Bertz CT molecular complexity index is 984. The lowest BCUT2D eigenvalue weighted by atomic mass is 10.1. The van der Waals surface area contributed by atoms with Crippen molar-refractivity contribution in [3.63, 3.8) is 0 Å². The van der Waals surface area contributed by atoms with E-state index in [0.29, 0.717) is 5.69 Å². The highest BCUT2D eigenvalue weighted by Gasteiger charge is 2.14. The molecule has 6 nitrogen and oxygen atoms in total. The van der Waals surface area contributed by atoms with Gasteiger partial charge in [0, 0.05) is 24.3 Å². The highest BCUT2D eigenvalue weighted by atomic mass is 35.5. The van der Waals surface area contributed by atoms with Gasteiger partial charge in [-0.1, -0.05) is 29.8 Å². The van der Waals surface area contributed by atoms with Crippen LogP contribution in [0.2, 0.25) is 5.02 Å². The van der Waals surface area contributed by atoms with Crippen LogP contribution in [0.5, 0.6) is 0 Å². The Kier molecular flexibility index (Phi) is 5.57. The number of benzene rings is 2. The van der Waals surface area contributed by atoms with Crippen LogP contribution in [-0.4, -0.2) is 29.3 Å². The molecule has 4 rings (SSSR count). The number of aromatic nitrogens is 2. The molecular weight excluding hydrogens is 393 g/mol. The van der Waals surface area contributed by atoms with E-state index in [-0.39, 0.29) is 10.7 Å². The van der Waals surface area contributed by atoms with Gasteiger partial charge in [0.25, 0.3) is 0 Å². The molecule has 29 heavy (non-hydrogen) atoms. The van der Waals surface area contributed by atoms with Crippen molar-refractivity contribution in [2.24, 2.45) is 0 Å². The van der Waals surface area contributed by atoms with Gasteiger partial charge in [-0.3, -0.25) is 0 Å². The number of hydrogen-bond donors (Lipinski definition) is 2. The molecule has 148 valence electrons. The maximum absolute atomic E-state index is 13.8. The number of amides is 2. The van der Waals surface area contributed by atoms with Crippen molar-refractivity contribution < 1.29 is 9.18 Å². The van der Waals surface area contributed by atoms with E-state index < -0.39 is 11.8 Å². The molecule has 1 aromatic heterocycles. The predicted octanol–water partition coefficient (Wildman–Crippen LogP) is 5.18. The lowest BCUT2D eigenvalue weighted by Crippen LogP contribution is -2.20. The molecule has 2 aromatic carbocycles. The van der Waals surface area contributed by atoms with Crippen LogP contribution in [0.25, 0.3) is 11.3 Å². The number of para-hydroxylation sites is 1. The Hall–Kier alpha value is -3.19. The number of nitrogens with one attached hydrogen (secondary N) is 2. The maximum Gasteiger partial charge on any atom is 0.323 e. The number of carbonyl (C=O) groups is 1. The lowest BCUT2D eigenvalue weighted by molar-refractivity contribution is 0.262. The standard InChI is InChI=1S/C21H19ClFN5O/c22-16-4-3-5-17(23)20(16)25-21(29)24-15-8-6-14(7-9-15)18-10-11-19(27-26-18)28-12-1-2-13-28/h3-11H,1-2,12-13H2,(H2,24,25,29). The normalized spacial score (nSPS) is 13.4. The van der Waals surface area contributed by atoms with Crippen molar-refractivity contribution in [2.75, 3.05) is 28.6 Å². The average Bonchev–Trinajstić information content (AvgIpc) is 3.27. The Morgan fingerprint density at radius 1 is 0.966 bits per heavy atom. The van der Waals surface area contributed by atoms with Crippen LogP contribution >= 0.6 is 11.6 Å². The molecule has 1 aliphatic rings. The topological polar surface area (TPSA) is 70.2 Å². The van der Waals surface area contributed by atoms with Gasteiger partial charge in [0.05, 0.1) is 16.4 Å². The van der Waals surface area contributed by atoms with Crippen LogP contribution in [0.3, 0.4) is 0 Å². The summed E-state index contributed by atoms with van der Waals surface area (Å²) < 4.78 is 13.8. The number of halogens is 2. The fraction of sp³-hybridized carbons (Fsp3) is 0.190. The van der Waals surface area contributed by atoms with Gasteiger partial charge in [-0.2, -0.15) is 0 Å². The number of nitrogens with zero attached hydrogens (tertiary/aromatic N) is 3. The van der Waals surface area contributed by atoms with Crippen LogP contribution in [-0.2, 0) is 0 Å². The Balaban J connectivity index is 1.40. The minimum Gasteiger partial charge on any atom is -0.355 e. The third kappa shape index (κ3) is 4.46. The molecule has 0 saturated carbocycles. The van der Waals surface area contributed by atoms with E-state index in [1.165, 1.54) is 31.0 Å². The summed E-state index contributed by atoms with van der Waals surface area (Å²) >= 11 is 5.92. The van der Waals surface area contributed by atoms with E-state index in [2.05, 4.69) is 25.7 Å². The zero-order valence-corrected chi connectivity index (χ0v) is 16.3. The second-order valence-corrected chi connectivity index (χ2v) is 7.13. The average molecular weight is 412 g/mol. The molecule has 2 amide bonds. The van der Waals surface area contributed by atoms with Crippen LogP contribution in [0.15, 0.2) is 54.6 Å². The number of carbonyl (C=O) groups excluding carboxylic acids is 1. The van der Waals surface area contributed by atoms with E-state index in [1.807, 2.05) is 24.3 Å². The van der Waals surface area contributed by atoms with Crippen molar-refractivity contribution in [1.29, 1.82) is 0 Å². The van der Waals surface area contributed by atoms with Gasteiger partial charge in [-0.15, -0.1) is 10.2 Å². The minimum atomic E-state index is -0.598. The van der Waals surface area contributed by atoms with Crippen LogP contribution < -0.4 is 15.5 Å². The Morgan fingerprint density at radius 3 is 2.38 bits per heavy atom. The predicted molar refractivity (Wildman–Crippen MR) is 113 cm³/mol. The van der Waals surface area contributed by atoms with Crippen molar-refractivity contribution in [3.8, 4) is 11.3 Å². The number of urea groups is 1. The first kappa shape index (κ1) is 19.1. The van der Waals surface area contributed by atoms with Gasteiger partial charge < -0.3 is 15.5 Å². The van der Waals surface area contributed by atoms with E-state index >= 15 is 0 Å². The van der Waals surface area contributed by atoms with Crippen molar-refractivity contribution >= 4 is 34.8 Å². The minimum absolute atomic E-state index is 0.0587. The number of hydrogen-bond acceptors (Lipinski definition) is 4. The quantitative estimate of drug-likeness (QED) is 0.620. The molecule has 0 bridgehead atoms. The Labute approximate surface area is 172 Å². The van der Waals surface area contributed by atoms with Gasteiger partial charge in [0.2, 0.25) is 0 Å². The highest BCUT2D eigenvalue weighted by Crippen LogP contribution is 2.25. The largest absolute Gasteiger partial charge is 0.355 e. The third-order valence-corrected chi connectivity index (χ3v) is 5.04. The molecule has 0 radical (unpaired) electrons. The van der Waals surface area contributed by atoms with Gasteiger partial charge in [0.1, 0.15) is 5.82 Å². The first-order valence-corrected chi connectivity index (χ1v) is 9.69. The summed E-state index contributed by atoms with van der Waals surface area (Å²) in [6.07, 6.45) is 2.38. The summed E-state index contributed by atoms with van der Waals surface area (Å²) in [5, 5.41) is 13.8. The second kappa shape index (κ2) is 8.45. The molecule has 1 aliphatic heterocycles. The molecule has 0 atom stereocenters. The Morgan fingerprint density at radius 2 is 1.72 bits per heavy atom. The van der Waals surface area contributed by atoms with Crippen LogP contribution in [0.4, 0.5) is 26.4 Å². The summed E-state index contributed by atoms with van der Waals surface area (Å²) in [6, 6.07) is 14.7. The summed E-state index contributed by atoms with van der Waals surface area (Å²) in [5.41, 5.74) is 2.13. The SMILES string of the molecule is O=C(Nc1ccc(-c2ccc(N3CCCC3)nn2)cc1)Nc1c(F)cccc1Cl. The number of rotatable bonds is 4. The van der Waals surface area contributed by atoms with E-state index in [0.717, 1.165) is 30.2 Å². The molecular formula is C21H19ClFN5O. The van der Waals surface area contributed by atoms with Crippen molar-refractivity contribution in [2.45, 2.75) is 12.8 Å².